The van der Waals surface area contributed by atoms with Crippen molar-refractivity contribution in [3.05, 3.63) is 0 Å². The van der Waals surface area contributed by atoms with E-state index in [9.17, 15) is 0 Å². The number of likely N-dealkylation sites (N-methyl/N-ethyl adjacent to an activating group) is 2. The summed E-state index contributed by atoms with van der Waals surface area (Å²) in [5.41, 5.74) is 0. The van der Waals surface area contributed by atoms with Crippen LogP contribution in [-0.2, 0) is 0 Å². The van der Waals surface area contributed by atoms with Gasteiger partial charge in [-0.25, -0.2) is 0 Å². The van der Waals surface area contributed by atoms with Gasteiger partial charge in [-0.15, -0.1) is 0 Å². The summed E-state index contributed by atoms with van der Waals surface area (Å²) >= 11 is 0. The fraction of sp³-hybridized carbons (Fsp3) is 1.00. The minimum atomic E-state index is 0.938. The topological polar surface area (TPSA) is 6.48 Å². The SMILES string of the molecule is CPN(C)CCN(C)C. The first-order valence-corrected chi connectivity index (χ1v) is 4.64. The van der Waals surface area contributed by atoms with E-state index in [2.05, 4.69) is 37.4 Å². The third-order valence-electron chi connectivity index (χ3n) is 1.26. The lowest BCUT2D eigenvalue weighted by atomic mass is 10.6. The molecule has 0 aliphatic heterocycles. The van der Waals surface area contributed by atoms with Crippen LogP contribution in [0, 0.1) is 0 Å². The normalized spacial score (nSPS) is 12.7. The third kappa shape index (κ3) is 6.23. The number of hydrogen-bond donors (Lipinski definition) is 0. The summed E-state index contributed by atoms with van der Waals surface area (Å²) in [7, 11) is 7.30. The molecule has 0 spiro atoms. The van der Waals surface area contributed by atoms with Crippen molar-refractivity contribution in [3.8, 4) is 0 Å². The van der Waals surface area contributed by atoms with Crippen molar-refractivity contribution in [2.75, 3.05) is 40.9 Å². The van der Waals surface area contributed by atoms with Gasteiger partial charge in [0, 0.05) is 13.1 Å². The second kappa shape index (κ2) is 5.16. The molecule has 0 radical (unpaired) electrons. The molecule has 2 nitrogen and oxygen atoms in total. The fourth-order valence-corrected chi connectivity index (χ4v) is 0.785. The molecule has 0 bridgehead atoms. The standard InChI is InChI=1S/C6H17N2P/c1-7(2)5-6-8(3)9-4/h9H,5-6H2,1-4H3. The van der Waals surface area contributed by atoms with Gasteiger partial charge in [0.05, 0.1) is 0 Å². The van der Waals surface area contributed by atoms with Gasteiger partial charge < -0.3 is 4.90 Å². The lowest BCUT2D eigenvalue weighted by molar-refractivity contribution is 0.371. The van der Waals surface area contributed by atoms with E-state index in [4.69, 9.17) is 0 Å². The van der Waals surface area contributed by atoms with Crippen LogP contribution in [0.4, 0.5) is 0 Å². The van der Waals surface area contributed by atoms with Crippen molar-refractivity contribution in [2.45, 2.75) is 0 Å². The van der Waals surface area contributed by atoms with Gasteiger partial charge in [-0.3, -0.25) is 4.67 Å². The Hall–Kier alpha value is 0.350. The van der Waals surface area contributed by atoms with Gasteiger partial charge in [0.2, 0.25) is 0 Å². The minimum Gasteiger partial charge on any atom is -0.308 e. The predicted octanol–water partition coefficient (Wildman–Crippen LogP) is 0.703. The summed E-state index contributed by atoms with van der Waals surface area (Å²) in [5, 5.41) is 0. The van der Waals surface area contributed by atoms with Crippen LogP contribution in [0.5, 0.6) is 0 Å². The van der Waals surface area contributed by atoms with Crippen molar-refractivity contribution in [2.24, 2.45) is 0 Å². The first-order valence-electron chi connectivity index (χ1n) is 3.20. The highest BCUT2D eigenvalue weighted by atomic mass is 31.1. The number of nitrogens with zero attached hydrogens (tertiary/aromatic N) is 2. The third-order valence-corrected chi connectivity index (χ3v) is 2.25. The van der Waals surface area contributed by atoms with Crippen LogP contribution in [0.3, 0.4) is 0 Å². The number of hydrogen-bond acceptors (Lipinski definition) is 2. The van der Waals surface area contributed by atoms with Gasteiger partial charge in [-0.1, -0.05) is 8.73 Å². The molecule has 0 fully saturated rings. The van der Waals surface area contributed by atoms with E-state index in [1.165, 1.54) is 6.54 Å². The maximum absolute atomic E-state index is 2.33. The Bertz CT molecular complexity index is 66.1. The van der Waals surface area contributed by atoms with Crippen LogP contribution in [-0.4, -0.2) is 50.5 Å². The molecule has 0 amide bonds. The molecule has 0 aliphatic rings. The van der Waals surface area contributed by atoms with Crippen molar-refractivity contribution < 1.29 is 0 Å². The summed E-state index contributed by atoms with van der Waals surface area (Å²) in [6, 6.07) is 0. The second-order valence-corrected chi connectivity index (χ2v) is 3.66. The highest BCUT2D eigenvalue weighted by Crippen LogP contribution is 2.06. The molecule has 0 saturated heterocycles. The van der Waals surface area contributed by atoms with E-state index in [1.807, 2.05) is 0 Å². The van der Waals surface area contributed by atoms with E-state index in [0.717, 1.165) is 15.3 Å². The van der Waals surface area contributed by atoms with E-state index in [1.54, 1.807) is 0 Å². The smallest absolute Gasteiger partial charge is 0.0143 e. The number of rotatable bonds is 4. The molecule has 1 unspecified atom stereocenters. The van der Waals surface area contributed by atoms with Crippen LogP contribution in [0.2, 0.25) is 0 Å². The summed E-state index contributed by atoms with van der Waals surface area (Å²) in [6.07, 6.45) is 0. The quantitative estimate of drug-likeness (QED) is 0.541. The van der Waals surface area contributed by atoms with Crippen LogP contribution < -0.4 is 0 Å². The molecule has 0 aromatic heterocycles. The van der Waals surface area contributed by atoms with Gasteiger partial charge in [0.1, 0.15) is 0 Å². The first kappa shape index (κ1) is 9.35. The van der Waals surface area contributed by atoms with E-state index >= 15 is 0 Å². The Morgan fingerprint density at radius 3 is 2.00 bits per heavy atom. The van der Waals surface area contributed by atoms with Gasteiger partial charge in [-0.2, -0.15) is 0 Å². The Balaban J connectivity index is 3.06. The molecule has 0 N–H and O–H groups in total. The van der Waals surface area contributed by atoms with Crippen molar-refractivity contribution in [1.29, 1.82) is 0 Å². The first-order chi connectivity index (χ1) is 4.16. The molecule has 9 heavy (non-hydrogen) atoms. The zero-order chi connectivity index (χ0) is 7.28. The monoisotopic (exact) mass is 148 g/mol. The van der Waals surface area contributed by atoms with Crippen LogP contribution in [0.1, 0.15) is 0 Å². The Morgan fingerprint density at radius 2 is 1.67 bits per heavy atom. The lowest BCUT2D eigenvalue weighted by Gasteiger charge is -2.16. The molecule has 0 heterocycles. The van der Waals surface area contributed by atoms with Crippen LogP contribution >= 0.6 is 8.73 Å². The summed E-state index contributed by atoms with van der Waals surface area (Å²) in [4.78, 5) is 2.20. The molecule has 0 aromatic carbocycles. The molecule has 0 aromatic rings. The highest BCUT2D eigenvalue weighted by Gasteiger charge is 1.93. The molecule has 0 aliphatic carbocycles. The van der Waals surface area contributed by atoms with E-state index in [0.29, 0.717) is 0 Å². The van der Waals surface area contributed by atoms with Gasteiger partial charge in [0.15, 0.2) is 0 Å². The Kier molecular flexibility index (Phi) is 5.36. The van der Waals surface area contributed by atoms with E-state index < -0.39 is 0 Å². The van der Waals surface area contributed by atoms with Crippen LogP contribution in [0.15, 0.2) is 0 Å². The average molecular weight is 148 g/mol. The maximum atomic E-state index is 2.33. The molecule has 0 saturated carbocycles. The highest BCUT2D eigenvalue weighted by molar-refractivity contribution is 7.34. The van der Waals surface area contributed by atoms with Crippen molar-refractivity contribution >= 4 is 8.73 Å². The summed E-state index contributed by atoms with van der Waals surface area (Å²) in [6.45, 7) is 4.55. The molecular formula is C6H17N2P. The lowest BCUT2D eigenvalue weighted by Crippen LogP contribution is -2.23. The second-order valence-electron chi connectivity index (χ2n) is 2.45. The largest absolute Gasteiger partial charge is 0.308 e. The average Bonchev–Trinajstić information content (AvgIpc) is 1.83. The van der Waals surface area contributed by atoms with Crippen LogP contribution in [0.25, 0.3) is 0 Å². The maximum Gasteiger partial charge on any atom is 0.0143 e. The van der Waals surface area contributed by atoms with Crippen molar-refractivity contribution in [3.63, 3.8) is 0 Å². The Morgan fingerprint density at radius 1 is 1.11 bits per heavy atom. The summed E-state index contributed by atoms with van der Waals surface area (Å²) in [5.74, 6) is 0. The molecule has 3 heteroatoms. The van der Waals surface area contributed by atoms with E-state index in [-0.39, 0.29) is 0 Å². The molecule has 0 rings (SSSR count). The molecule has 56 valence electrons. The van der Waals surface area contributed by atoms with Gasteiger partial charge in [-0.05, 0) is 27.8 Å². The molecule has 1 atom stereocenters. The molecular weight excluding hydrogens is 131 g/mol. The fourth-order valence-electron chi connectivity index (χ4n) is 0.462. The zero-order valence-corrected chi connectivity index (χ0v) is 7.81. The summed E-state index contributed by atoms with van der Waals surface area (Å²) < 4.78 is 2.33. The predicted molar refractivity (Wildman–Crippen MR) is 45.4 cm³/mol. The van der Waals surface area contributed by atoms with Gasteiger partial charge >= 0.3 is 0 Å². The van der Waals surface area contributed by atoms with Crippen molar-refractivity contribution in [1.82, 2.24) is 9.57 Å². The Labute approximate surface area is 60.1 Å². The minimum absolute atomic E-state index is 0.938. The van der Waals surface area contributed by atoms with Gasteiger partial charge in [0.25, 0.3) is 0 Å². The zero-order valence-electron chi connectivity index (χ0n) is 6.81.